The van der Waals surface area contributed by atoms with Gasteiger partial charge in [-0.05, 0) is 18.1 Å². The second-order valence-electron chi connectivity index (χ2n) is 4.30. The molecule has 0 amide bonds. The smallest absolute Gasteiger partial charge is 0.112 e. The van der Waals surface area contributed by atoms with Crippen LogP contribution in [0.1, 0.15) is 5.69 Å². The predicted molar refractivity (Wildman–Crippen MR) is 67.7 cm³/mol. The SMILES string of the molecule is [B]1CC1Cc1ncccc1-c1ccccc1. The van der Waals surface area contributed by atoms with Gasteiger partial charge in [-0.1, -0.05) is 48.5 Å². The van der Waals surface area contributed by atoms with Gasteiger partial charge in [0.2, 0.25) is 0 Å². The first kappa shape index (κ1) is 9.65. The molecular formula is C14H13BN. The summed E-state index contributed by atoms with van der Waals surface area (Å²) in [6.07, 6.45) is 4.24. The number of aromatic nitrogens is 1. The summed E-state index contributed by atoms with van der Waals surface area (Å²) < 4.78 is 0. The molecule has 0 bridgehead atoms. The molecule has 0 aliphatic carbocycles. The van der Waals surface area contributed by atoms with E-state index in [9.17, 15) is 0 Å². The molecule has 2 heteroatoms. The van der Waals surface area contributed by atoms with E-state index < -0.39 is 0 Å². The number of pyridine rings is 1. The summed E-state index contributed by atoms with van der Waals surface area (Å²) in [5, 5.41) is 0. The summed E-state index contributed by atoms with van der Waals surface area (Å²) in [5.41, 5.74) is 3.78. The molecule has 77 valence electrons. The van der Waals surface area contributed by atoms with Gasteiger partial charge in [0.25, 0.3) is 0 Å². The van der Waals surface area contributed by atoms with Crippen LogP contribution < -0.4 is 0 Å². The quantitative estimate of drug-likeness (QED) is 0.702. The summed E-state index contributed by atoms with van der Waals surface area (Å²) in [7, 11) is 2.35. The molecule has 1 aromatic heterocycles. The van der Waals surface area contributed by atoms with Gasteiger partial charge < -0.3 is 0 Å². The van der Waals surface area contributed by atoms with Crippen LogP contribution in [-0.4, -0.2) is 12.3 Å². The molecule has 1 aliphatic heterocycles. The van der Waals surface area contributed by atoms with E-state index >= 15 is 0 Å². The van der Waals surface area contributed by atoms with Crippen LogP contribution in [0.3, 0.4) is 0 Å². The fraction of sp³-hybridized carbons (Fsp3) is 0.214. The Morgan fingerprint density at radius 3 is 2.69 bits per heavy atom. The Hall–Kier alpha value is -1.57. The minimum atomic E-state index is 0.761. The summed E-state index contributed by atoms with van der Waals surface area (Å²) in [4.78, 5) is 4.52. The third kappa shape index (κ3) is 2.01. The van der Waals surface area contributed by atoms with Gasteiger partial charge in [0.1, 0.15) is 7.28 Å². The van der Waals surface area contributed by atoms with Gasteiger partial charge in [-0.15, -0.1) is 0 Å². The second-order valence-corrected chi connectivity index (χ2v) is 4.30. The number of nitrogens with zero attached hydrogens (tertiary/aromatic N) is 1. The molecule has 1 nitrogen and oxygen atoms in total. The van der Waals surface area contributed by atoms with Crippen LogP contribution in [0.15, 0.2) is 48.7 Å². The van der Waals surface area contributed by atoms with Crippen molar-refractivity contribution in [3.05, 3.63) is 54.4 Å². The fourth-order valence-electron chi connectivity index (χ4n) is 1.99. The standard InChI is InChI=1S/C14H13BN/c1-2-5-11(6-3-1)13-7-4-8-16-14(13)9-12-10-15-12/h1-8,12H,9-10H2. The van der Waals surface area contributed by atoms with Crippen LogP contribution in [0.25, 0.3) is 11.1 Å². The molecule has 3 rings (SSSR count). The van der Waals surface area contributed by atoms with E-state index in [0.29, 0.717) is 0 Å². The number of hydrogen-bond donors (Lipinski definition) is 0. The molecule has 0 N–H and O–H groups in total. The number of rotatable bonds is 3. The Balaban J connectivity index is 1.98. The zero-order valence-electron chi connectivity index (χ0n) is 9.13. The van der Waals surface area contributed by atoms with E-state index in [4.69, 9.17) is 0 Å². The van der Waals surface area contributed by atoms with Crippen molar-refractivity contribution in [2.45, 2.75) is 18.6 Å². The molecule has 1 aliphatic rings. The molecule has 16 heavy (non-hydrogen) atoms. The third-order valence-corrected chi connectivity index (χ3v) is 3.00. The van der Waals surface area contributed by atoms with Gasteiger partial charge in [0.05, 0.1) is 0 Å². The molecule has 1 radical (unpaired) electrons. The van der Waals surface area contributed by atoms with Crippen molar-refractivity contribution in [1.29, 1.82) is 0 Å². The van der Waals surface area contributed by atoms with Crippen molar-refractivity contribution in [3.63, 3.8) is 0 Å². The lowest BCUT2D eigenvalue weighted by atomic mass is 9.95. The summed E-state index contributed by atoms with van der Waals surface area (Å²) in [6.45, 7) is 0. The van der Waals surface area contributed by atoms with Crippen molar-refractivity contribution in [3.8, 4) is 11.1 Å². The van der Waals surface area contributed by atoms with Gasteiger partial charge in [-0.25, -0.2) is 0 Å². The maximum absolute atomic E-state index is 4.52. The van der Waals surface area contributed by atoms with Crippen molar-refractivity contribution >= 4 is 7.28 Å². The maximum atomic E-state index is 4.52. The zero-order valence-corrected chi connectivity index (χ0v) is 9.13. The molecule has 0 saturated carbocycles. The monoisotopic (exact) mass is 206 g/mol. The molecule has 1 atom stereocenters. The summed E-state index contributed by atoms with van der Waals surface area (Å²) in [6, 6.07) is 14.7. The average Bonchev–Trinajstić information content (AvgIpc) is 3.15. The first-order chi connectivity index (χ1) is 7.93. The second kappa shape index (κ2) is 4.13. The van der Waals surface area contributed by atoms with Crippen LogP contribution in [0, 0.1) is 0 Å². The Bertz CT molecular complexity index is 477. The Labute approximate surface area is 96.8 Å². The van der Waals surface area contributed by atoms with E-state index in [1.807, 2.05) is 18.3 Å². The van der Waals surface area contributed by atoms with Gasteiger partial charge in [0.15, 0.2) is 0 Å². The van der Waals surface area contributed by atoms with Crippen molar-refractivity contribution in [2.24, 2.45) is 0 Å². The van der Waals surface area contributed by atoms with Crippen LogP contribution >= 0.6 is 0 Å². The first-order valence-corrected chi connectivity index (χ1v) is 5.76. The Kier molecular flexibility index (Phi) is 2.49. The lowest BCUT2D eigenvalue weighted by molar-refractivity contribution is 0.947. The van der Waals surface area contributed by atoms with Crippen LogP contribution in [-0.2, 0) is 6.42 Å². The molecular weight excluding hydrogens is 193 g/mol. The first-order valence-electron chi connectivity index (χ1n) is 5.76. The van der Waals surface area contributed by atoms with E-state index in [0.717, 1.165) is 12.2 Å². The highest BCUT2D eigenvalue weighted by atomic mass is 14.7. The zero-order chi connectivity index (χ0) is 10.8. The van der Waals surface area contributed by atoms with E-state index in [1.54, 1.807) is 0 Å². The molecule has 1 saturated heterocycles. The highest BCUT2D eigenvalue weighted by Gasteiger charge is 2.24. The molecule has 1 unspecified atom stereocenters. The summed E-state index contributed by atoms with van der Waals surface area (Å²) >= 11 is 0. The van der Waals surface area contributed by atoms with E-state index in [-0.39, 0.29) is 0 Å². The van der Waals surface area contributed by atoms with Gasteiger partial charge >= 0.3 is 0 Å². The van der Waals surface area contributed by atoms with Crippen LogP contribution in [0.5, 0.6) is 0 Å². The molecule has 2 heterocycles. The largest absolute Gasteiger partial charge is 0.261 e. The summed E-state index contributed by atoms with van der Waals surface area (Å²) in [5.74, 6) is 0.761. The Morgan fingerprint density at radius 2 is 1.94 bits per heavy atom. The highest BCUT2D eigenvalue weighted by Crippen LogP contribution is 2.34. The third-order valence-electron chi connectivity index (χ3n) is 3.00. The van der Waals surface area contributed by atoms with Crippen molar-refractivity contribution < 1.29 is 0 Å². The molecule has 0 spiro atoms. The number of benzene rings is 1. The van der Waals surface area contributed by atoms with E-state index in [2.05, 4.69) is 42.6 Å². The topological polar surface area (TPSA) is 12.9 Å². The lowest BCUT2D eigenvalue weighted by Gasteiger charge is -2.07. The van der Waals surface area contributed by atoms with Crippen molar-refractivity contribution in [2.75, 3.05) is 0 Å². The minimum absolute atomic E-state index is 0.761. The number of hydrogen-bond acceptors (Lipinski definition) is 1. The molecule has 1 fully saturated rings. The van der Waals surface area contributed by atoms with Gasteiger partial charge in [-0.3, -0.25) is 4.98 Å². The van der Waals surface area contributed by atoms with Crippen molar-refractivity contribution in [1.82, 2.24) is 4.98 Å². The minimum Gasteiger partial charge on any atom is -0.261 e. The van der Waals surface area contributed by atoms with Crippen LogP contribution in [0.2, 0.25) is 12.1 Å². The predicted octanol–water partition coefficient (Wildman–Crippen LogP) is 3.22. The van der Waals surface area contributed by atoms with Crippen LogP contribution in [0.4, 0.5) is 0 Å². The van der Waals surface area contributed by atoms with Gasteiger partial charge in [-0.2, -0.15) is 0 Å². The lowest BCUT2D eigenvalue weighted by Crippen LogP contribution is -1.93. The molecule has 1 aromatic carbocycles. The fourth-order valence-corrected chi connectivity index (χ4v) is 1.99. The normalized spacial score (nSPS) is 17.9. The van der Waals surface area contributed by atoms with Gasteiger partial charge in [0, 0.05) is 17.5 Å². The average molecular weight is 206 g/mol. The van der Waals surface area contributed by atoms with E-state index in [1.165, 1.54) is 23.1 Å². The maximum Gasteiger partial charge on any atom is 0.112 e. The Morgan fingerprint density at radius 1 is 1.12 bits per heavy atom. The molecule has 2 aromatic rings. The highest BCUT2D eigenvalue weighted by molar-refractivity contribution is 6.50.